The van der Waals surface area contributed by atoms with Crippen LogP contribution in [0.25, 0.3) is 5.69 Å². The number of hydrogen-bond acceptors (Lipinski definition) is 7. The highest BCUT2D eigenvalue weighted by Gasteiger charge is 2.34. The van der Waals surface area contributed by atoms with Gasteiger partial charge in [-0.2, -0.15) is 18.3 Å². The predicted molar refractivity (Wildman–Crippen MR) is 113 cm³/mol. The molecule has 34 heavy (non-hydrogen) atoms. The second-order valence-corrected chi connectivity index (χ2v) is 7.55. The first-order valence-corrected chi connectivity index (χ1v) is 10.2. The lowest BCUT2D eigenvalue weighted by Crippen LogP contribution is -2.34. The lowest BCUT2D eigenvalue weighted by atomic mass is 10.2. The molecule has 1 aliphatic rings. The molecular formula is C19H17F4N7O3S. The van der Waals surface area contributed by atoms with Crippen LogP contribution in [0.15, 0.2) is 36.7 Å². The molecule has 180 valence electrons. The maximum absolute atomic E-state index is 14.8. The maximum atomic E-state index is 14.8. The van der Waals surface area contributed by atoms with Gasteiger partial charge in [-0.15, -0.1) is 5.10 Å². The van der Waals surface area contributed by atoms with E-state index in [9.17, 15) is 22.4 Å². The number of aromatic nitrogens is 5. The van der Waals surface area contributed by atoms with Crippen LogP contribution in [-0.2, 0) is 22.2 Å². The maximum Gasteiger partial charge on any atom is 0.435 e. The third-order valence-corrected chi connectivity index (χ3v) is 5.13. The highest BCUT2D eigenvalue weighted by atomic mass is 32.1. The molecule has 1 aromatic carbocycles. The van der Waals surface area contributed by atoms with E-state index in [0.717, 1.165) is 27.7 Å². The summed E-state index contributed by atoms with van der Waals surface area (Å²) in [5.74, 6) is -0.692. The molecule has 1 amide bonds. The molecule has 1 atom stereocenters. The number of alkyl halides is 3. The van der Waals surface area contributed by atoms with Gasteiger partial charge in [-0.25, -0.2) is 13.9 Å². The Labute approximate surface area is 195 Å². The van der Waals surface area contributed by atoms with Crippen LogP contribution >= 0.6 is 12.2 Å². The molecule has 0 unspecified atom stereocenters. The van der Waals surface area contributed by atoms with E-state index in [2.05, 4.69) is 20.7 Å². The van der Waals surface area contributed by atoms with Gasteiger partial charge in [0.05, 0.1) is 38.6 Å². The molecule has 4 rings (SSSR count). The van der Waals surface area contributed by atoms with Crippen molar-refractivity contribution in [3.63, 3.8) is 0 Å². The molecule has 0 saturated carbocycles. The normalized spacial score (nSPS) is 16.0. The van der Waals surface area contributed by atoms with Crippen LogP contribution < -0.4 is 10.2 Å². The number of amides is 1. The van der Waals surface area contributed by atoms with Crippen LogP contribution in [-0.4, -0.2) is 62.3 Å². The van der Waals surface area contributed by atoms with Gasteiger partial charge < -0.3 is 14.8 Å². The first kappa shape index (κ1) is 23.4. The highest BCUT2D eigenvalue weighted by Crippen LogP contribution is 2.28. The first-order chi connectivity index (χ1) is 16.1. The third kappa shape index (κ3) is 5.08. The van der Waals surface area contributed by atoms with E-state index < -0.39 is 29.9 Å². The Balaban J connectivity index is 1.44. The first-order valence-electron chi connectivity index (χ1n) is 9.76. The second-order valence-electron chi connectivity index (χ2n) is 7.18. The quantitative estimate of drug-likeness (QED) is 0.408. The van der Waals surface area contributed by atoms with E-state index in [1.807, 2.05) is 0 Å². The lowest BCUT2D eigenvalue weighted by Gasteiger charge is -2.14. The number of hydrogen-bond donors (Lipinski definition) is 1. The second kappa shape index (κ2) is 9.24. The SMILES string of the molecule is COC(=S)NC[C@H]1CN(c2ccc(-n3cc(Cn4ccc(C(F)(F)F)n4)nn3)c(F)c2)C(=O)O1. The van der Waals surface area contributed by atoms with Crippen molar-refractivity contribution >= 4 is 29.2 Å². The molecule has 1 saturated heterocycles. The van der Waals surface area contributed by atoms with Crippen molar-refractivity contribution in [1.29, 1.82) is 0 Å². The number of benzene rings is 1. The summed E-state index contributed by atoms with van der Waals surface area (Å²) >= 11 is 4.87. The number of methoxy groups -OCH3 is 1. The van der Waals surface area contributed by atoms with Gasteiger partial charge in [0.2, 0.25) is 0 Å². The average Bonchev–Trinajstić information content (AvgIpc) is 3.52. The van der Waals surface area contributed by atoms with Gasteiger partial charge in [0.25, 0.3) is 5.17 Å². The van der Waals surface area contributed by atoms with E-state index >= 15 is 0 Å². The molecule has 3 heterocycles. The number of ether oxygens (including phenoxy) is 2. The van der Waals surface area contributed by atoms with Crippen LogP contribution in [0, 0.1) is 5.82 Å². The highest BCUT2D eigenvalue weighted by molar-refractivity contribution is 7.80. The van der Waals surface area contributed by atoms with Crippen molar-refractivity contribution in [3.05, 3.63) is 53.9 Å². The van der Waals surface area contributed by atoms with Gasteiger partial charge in [-0.05, 0) is 36.5 Å². The molecular weight excluding hydrogens is 482 g/mol. The minimum Gasteiger partial charge on any atom is -0.474 e. The number of thiocarbonyl (C=S) groups is 1. The molecule has 1 aliphatic heterocycles. The van der Waals surface area contributed by atoms with Crippen LogP contribution in [0.2, 0.25) is 0 Å². The fourth-order valence-electron chi connectivity index (χ4n) is 3.21. The zero-order valence-electron chi connectivity index (χ0n) is 17.5. The topological polar surface area (TPSA) is 99.3 Å². The third-order valence-electron chi connectivity index (χ3n) is 4.82. The van der Waals surface area contributed by atoms with Crippen molar-refractivity contribution in [2.45, 2.75) is 18.8 Å². The molecule has 3 aromatic rings. The average molecular weight is 499 g/mol. The standard InChI is InChI=1S/C19H17F4N7O3S/c1-32-17(34)24-7-13-10-29(18(31)33-13)12-2-3-15(14(20)6-12)30-9-11(25-27-30)8-28-5-4-16(26-28)19(21,22)23/h2-6,9,13H,7-8,10H2,1H3,(H,24,34)/t13-/m0/s1. The van der Waals surface area contributed by atoms with Crippen LogP contribution in [0.1, 0.15) is 11.4 Å². The summed E-state index contributed by atoms with van der Waals surface area (Å²) < 4.78 is 65.2. The Morgan fingerprint density at radius 1 is 1.35 bits per heavy atom. The predicted octanol–water partition coefficient (Wildman–Crippen LogP) is 2.52. The Morgan fingerprint density at radius 2 is 2.15 bits per heavy atom. The van der Waals surface area contributed by atoms with Gasteiger partial charge in [0.15, 0.2) is 11.5 Å². The van der Waals surface area contributed by atoms with Crippen LogP contribution in [0.3, 0.4) is 0 Å². The zero-order valence-corrected chi connectivity index (χ0v) is 18.3. The zero-order chi connectivity index (χ0) is 24.5. The van der Waals surface area contributed by atoms with E-state index in [1.165, 1.54) is 30.3 Å². The van der Waals surface area contributed by atoms with E-state index in [-0.39, 0.29) is 41.9 Å². The summed E-state index contributed by atoms with van der Waals surface area (Å²) in [7, 11) is 1.41. The Kier molecular flexibility index (Phi) is 6.37. The van der Waals surface area contributed by atoms with Crippen molar-refractivity contribution in [2.75, 3.05) is 25.1 Å². The van der Waals surface area contributed by atoms with E-state index in [4.69, 9.17) is 21.7 Å². The van der Waals surface area contributed by atoms with Gasteiger partial charge in [0, 0.05) is 6.20 Å². The van der Waals surface area contributed by atoms with Gasteiger partial charge in [0.1, 0.15) is 17.5 Å². The number of cyclic esters (lactones) is 1. The molecule has 15 heteroatoms. The minimum atomic E-state index is -4.55. The minimum absolute atomic E-state index is 0.0372. The molecule has 0 radical (unpaired) electrons. The Bertz CT molecular complexity index is 1210. The fraction of sp³-hybridized carbons (Fsp3) is 0.316. The summed E-state index contributed by atoms with van der Waals surface area (Å²) in [4.78, 5) is 13.5. The van der Waals surface area contributed by atoms with Crippen molar-refractivity contribution in [3.8, 4) is 5.69 Å². The summed E-state index contributed by atoms with van der Waals surface area (Å²) in [6, 6.07) is 4.91. The van der Waals surface area contributed by atoms with Crippen LogP contribution in [0.5, 0.6) is 0 Å². The lowest BCUT2D eigenvalue weighted by molar-refractivity contribution is -0.141. The van der Waals surface area contributed by atoms with Crippen molar-refractivity contribution in [2.24, 2.45) is 0 Å². The number of nitrogens with zero attached hydrogens (tertiary/aromatic N) is 6. The number of nitrogens with one attached hydrogen (secondary N) is 1. The number of carbonyl (C=O) groups excluding carboxylic acids is 1. The van der Waals surface area contributed by atoms with Gasteiger partial charge in [-0.3, -0.25) is 9.58 Å². The van der Waals surface area contributed by atoms with Crippen LogP contribution in [0.4, 0.5) is 28.0 Å². The molecule has 0 aliphatic carbocycles. The van der Waals surface area contributed by atoms with E-state index in [1.54, 1.807) is 0 Å². The molecule has 1 N–H and O–H groups in total. The van der Waals surface area contributed by atoms with Gasteiger partial charge >= 0.3 is 12.3 Å². The number of rotatable bonds is 6. The molecule has 2 aromatic heterocycles. The van der Waals surface area contributed by atoms with Crippen molar-refractivity contribution in [1.82, 2.24) is 30.1 Å². The largest absolute Gasteiger partial charge is 0.474 e. The van der Waals surface area contributed by atoms with Crippen molar-refractivity contribution < 1.29 is 31.8 Å². The number of carbonyl (C=O) groups is 1. The molecule has 1 fully saturated rings. The fourth-order valence-corrected chi connectivity index (χ4v) is 3.30. The molecule has 0 bridgehead atoms. The summed E-state index contributed by atoms with van der Waals surface area (Å²) in [5, 5.41) is 14.1. The number of halogens is 4. The number of anilines is 1. The summed E-state index contributed by atoms with van der Waals surface area (Å²) in [6.45, 7) is 0.323. The Hall–Kier alpha value is -3.75. The smallest absolute Gasteiger partial charge is 0.435 e. The van der Waals surface area contributed by atoms with Gasteiger partial charge in [-0.1, -0.05) is 5.21 Å². The Morgan fingerprint density at radius 3 is 2.82 bits per heavy atom. The molecule has 0 spiro atoms. The summed E-state index contributed by atoms with van der Waals surface area (Å²) in [6.07, 6.45) is -3.16. The summed E-state index contributed by atoms with van der Waals surface area (Å²) in [5.41, 5.74) is -0.441. The molecule has 10 nitrogen and oxygen atoms in total. The van der Waals surface area contributed by atoms with E-state index in [0.29, 0.717) is 0 Å². The monoisotopic (exact) mass is 499 g/mol.